The van der Waals surface area contributed by atoms with Gasteiger partial charge in [0.25, 0.3) is 0 Å². The highest BCUT2D eigenvalue weighted by molar-refractivity contribution is 5.91. The van der Waals surface area contributed by atoms with Gasteiger partial charge in [0.15, 0.2) is 0 Å². The molecule has 0 aliphatic heterocycles. The van der Waals surface area contributed by atoms with Crippen LogP contribution < -0.4 is 15.4 Å². The number of hydrogen-bond donors (Lipinski definition) is 2. The minimum Gasteiger partial charge on any atom is -0.490 e. The van der Waals surface area contributed by atoms with E-state index in [1.54, 1.807) is 0 Å². The number of carbonyl (C=O) groups excluding carboxylic acids is 2. The van der Waals surface area contributed by atoms with Crippen LogP contribution >= 0.6 is 0 Å². The molecule has 142 valence electrons. The minimum atomic E-state index is -0.360. The zero-order valence-corrected chi connectivity index (χ0v) is 15.6. The third-order valence-electron chi connectivity index (χ3n) is 4.69. The van der Waals surface area contributed by atoms with E-state index < -0.39 is 0 Å². The third-order valence-corrected chi connectivity index (χ3v) is 4.69. The highest BCUT2D eigenvalue weighted by Gasteiger charge is 2.18. The van der Waals surface area contributed by atoms with Crippen molar-refractivity contribution in [1.29, 1.82) is 0 Å². The maximum atomic E-state index is 12.5. The molecule has 1 aliphatic rings. The molecular weight excluding hydrogens is 340 g/mol. The second-order valence-electron chi connectivity index (χ2n) is 6.97. The van der Waals surface area contributed by atoms with Crippen molar-refractivity contribution in [3.05, 3.63) is 60.2 Å². The van der Waals surface area contributed by atoms with Crippen LogP contribution in [0.15, 0.2) is 54.6 Å². The third kappa shape index (κ3) is 5.84. The summed E-state index contributed by atoms with van der Waals surface area (Å²) in [5.41, 5.74) is 1.60. The van der Waals surface area contributed by atoms with Gasteiger partial charge in [0.05, 0.1) is 18.6 Å². The SMILES string of the molecule is CC(=O)NC(CC(=O)Nc1cccc(OC2CCCC2)c1)c1ccccc1. The van der Waals surface area contributed by atoms with Crippen LogP contribution in [0.25, 0.3) is 0 Å². The molecule has 0 heterocycles. The number of benzene rings is 2. The van der Waals surface area contributed by atoms with Gasteiger partial charge in [-0.3, -0.25) is 9.59 Å². The molecule has 0 aromatic heterocycles. The van der Waals surface area contributed by atoms with Crippen molar-refractivity contribution in [2.75, 3.05) is 5.32 Å². The summed E-state index contributed by atoms with van der Waals surface area (Å²) in [6, 6.07) is 16.6. The van der Waals surface area contributed by atoms with Crippen molar-refractivity contribution in [3.63, 3.8) is 0 Å². The molecule has 5 heteroatoms. The van der Waals surface area contributed by atoms with Crippen LogP contribution in [-0.4, -0.2) is 17.9 Å². The van der Waals surface area contributed by atoms with Crippen molar-refractivity contribution in [2.45, 2.75) is 51.2 Å². The summed E-state index contributed by atoms with van der Waals surface area (Å²) in [7, 11) is 0. The molecule has 3 rings (SSSR count). The first-order valence-electron chi connectivity index (χ1n) is 9.49. The van der Waals surface area contributed by atoms with Gasteiger partial charge < -0.3 is 15.4 Å². The summed E-state index contributed by atoms with van der Waals surface area (Å²) in [5.74, 6) is 0.459. The Hall–Kier alpha value is -2.82. The van der Waals surface area contributed by atoms with E-state index in [9.17, 15) is 9.59 Å². The van der Waals surface area contributed by atoms with Crippen molar-refractivity contribution in [3.8, 4) is 5.75 Å². The van der Waals surface area contributed by atoms with Crippen LogP contribution in [-0.2, 0) is 9.59 Å². The van der Waals surface area contributed by atoms with Crippen molar-refractivity contribution < 1.29 is 14.3 Å². The van der Waals surface area contributed by atoms with Crippen molar-refractivity contribution in [2.24, 2.45) is 0 Å². The van der Waals surface area contributed by atoms with E-state index in [4.69, 9.17) is 4.74 Å². The monoisotopic (exact) mass is 366 g/mol. The number of amides is 2. The van der Waals surface area contributed by atoms with Crippen molar-refractivity contribution >= 4 is 17.5 Å². The number of nitrogens with one attached hydrogen (secondary N) is 2. The highest BCUT2D eigenvalue weighted by Crippen LogP contribution is 2.26. The lowest BCUT2D eigenvalue weighted by Crippen LogP contribution is -2.29. The normalized spacial score (nSPS) is 15.1. The quantitative estimate of drug-likeness (QED) is 0.771. The Balaban J connectivity index is 1.62. The van der Waals surface area contributed by atoms with Gasteiger partial charge in [0, 0.05) is 18.7 Å². The predicted molar refractivity (Wildman–Crippen MR) is 106 cm³/mol. The number of anilines is 1. The smallest absolute Gasteiger partial charge is 0.226 e. The molecule has 5 nitrogen and oxygen atoms in total. The second kappa shape index (κ2) is 9.21. The van der Waals surface area contributed by atoms with E-state index in [0.29, 0.717) is 5.69 Å². The fourth-order valence-corrected chi connectivity index (χ4v) is 3.43. The van der Waals surface area contributed by atoms with E-state index >= 15 is 0 Å². The van der Waals surface area contributed by atoms with Gasteiger partial charge in [0.2, 0.25) is 11.8 Å². The zero-order valence-electron chi connectivity index (χ0n) is 15.6. The zero-order chi connectivity index (χ0) is 19.1. The Kier molecular flexibility index (Phi) is 6.47. The van der Waals surface area contributed by atoms with Gasteiger partial charge in [-0.05, 0) is 43.4 Å². The summed E-state index contributed by atoms with van der Waals surface area (Å²) in [6.07, 6.45) is 5.05. The molecule has 1 atom stereocenters. The largest absolute Gasteiger partial charge is 0.490 e. The lowest BCUT2D eigenvalue weighted by atomic mass is 10.0. The molecule has 0 saturated heterocycles. The molecular formula is C22H26N2O3. The Morgan fingerprint density at radius 3 is 2.52 bits per heavy atom. The summed E-state index contributed by atoms with van der Waals surface area (Å²) in [4.78, 5) is 24.0. The second-order valence-corrected chi connectivity index (χ2v) is 6.97. The molecule has 1 unspecified atom stereocenters. The minimum absolute atomic E-state index is 0.157. The van der Waals surface area contributed by atoms with Crippen LogP contribution in [0.3, 0.4) is 0 Å². The van der Waals surface area contributed by atoms with Crippen LogP contribution in [0, 0.1) is 0 Å². The predicted octanol–water partition coefficient (Wildman–Crippen LogP) is 4.21. The van der Waals surface area contributed by atoms with E-state index in [1.807, 2.05) is 54.6 Å². The molecule has 1 aliphatic carbocycles. The lowest BCUT2D eigenvalue weighted by molar-refractivity contribution is -0.120. The number of carbonyl (C=O) groups is 2. The molecule has 0 spiro atoms. The van der Waals surface area contributed by atoms with Crippen molar-refractivity contribution in [1.82, 2.24) is 5.32 Å². The average Bonchev–Trinajstić information content (AvgIpc) is 3.15. The van der Waals surface area contributed by atoms with E-state index in [0.717, 1.165) is 24.2 Å². The van der Waals surface area contributed by atoms with Crippen LogP contribution in [0.5, 0.6) is 5.75 Å². The number of hydrogen-bond acceptors (Lipinski definition) is 3. The molecule has 2 amide bonds. The van der Waals surface area contributed by atoms with Gasteiger partial charge in [-0.25, -0.2) is 0 Å². The molecule has 0 bridgehead atoms. The number of ether oxygens (including phenoxy) is 1. The summed E-state index contributed by atoms with van der Waals surface area (Å²) >= 11 is 0. The fraction of sp³-hybridized carbons (Fsp3) is 0.364. The fourth-order valence-electron chi connectivity index (χ4n) is 3.43. The molecule has 2 aromatic rings. The Morgan fingerprint density at radius 2 is 1.81 bits per heavy atom. The van der Waals surface area contributed by atoms with Crippen LogP contribution in [0.4, 0.5) is 5.69 Å². The Morgan fingerprint density at radius 1 is 1.07 bits per heavy atom. The average molecular weight is 366 g/mol. The molecule has 1 fully saturated rings. The van der Waals surface area contributed by atoms with Gasteiger partial charge in [-0.1, -0.05) is 36.4 Å². The summed E-state index contributed by atoms with van der Waals surface area (Å²) in [5, 5.41) is 5.76. The first kappa shape index (κ1) is 19.0. The lowest BCUT2D eigenvalue weighted by Gasteiger charge is -2.18. The first-order valence-corrected chi connectivity index (χ1v) is 9.49. The summed E-state index contributed by atoms with van der Waals surface area (Å²) in [6.45, 7) is 1.46. The topological polar surface area (TPSA) is 67.4 Å². The Labute approximate surface area is 160 Å². The standard InChI is InChI=1S/C22H26N2O3/c1-16(25)23-21(17-8-3-2-4-9-17)15-22(26)24-18-10-7-13-20(14-18)27-19-11-5-6-12-19/h2-4,7-10,13-14,19,21H,5-6,11-12,15H2,1H3,(H,23,25)(H,24,26). The van der Waals surface area contributed by atoms with Gasteiger partial charge in [0.1, 0.15) is 5.75 Å². The molecule has 0 radical (unpaired) electrons. The first-order chi connectivity index (χ1) is 13.1. The van der Waals surface area contributed by atoms with E-state index in [2.05, 4.69) is 10.6 Å². The molecule has 2 aromatic carbocycles. The van der Waals surface area contributed by atoms with E-state index in [1.165, 1.54) is 19.8 Å². The van der Waals surface area contributed by atoms with Gasteiger partial charge in [-0.2, -0.15) is 0 Å². The molecule has 2 N–H and O–H groups in total. The van der Waals surface area contributed by atoms with Gasteiger partial charge >= 0.3 is 0 Å². The van der Waals surface area contributed by atoms with Gasteiger partial charge in [-0.15, -0.1) is 0 Å². The van der Waals surface area contributed by atoms with Crippen LogP contribution in [0.1, 0.15) is 50.6 Å². The number of rotatable bonds is 7. The maximum absolute atomic E-state index is 12.5. The molecule has 27 heavy (non-hydrogen) atoms. The maximum Gasteiger partial charge on any atom is 0.226 e. The highest BCUT2D eigenvalue weighted by atomic mass is 16.5. The van der Waals surface area contributed by atoms with Crippen LogP contribution in [0.2, 0.25) is 0 Å². The summed E-state index contributed by atoms with van der Waals surface area (Å²) < 4.78 is 5.99. The Bertz CT molecular complexity index is 770. The molecule has 1 saturated carbocycles. The van der Waals surface area contributed by atoms with E-state index in [-0.39, 0.29) is 30.4 Å².